The Bertz CT molecular complexity index is 676. The van der Waals surface area contributed by atoms with Crippen LogP contribution in [0.25, 0.3) is 0 Å². The molecule has 2 heteroatoms. The van der Waals surface area contributed by atoms with E-state index in [1.165, 1.54) is 11.1 Å². The van der Waals surface area contributed by atoms with Crippen molar-refractivity contribution in [1.29, 1.82) is 0 Å². The van der Waals surface area contributed by atoms with Crippen LogP contribution in [0.1, 0.15) is 38.7 Å². The zero-order chi connectivity index (χ0) is 17.2. The fourth-order valence-electron chi connectivity index (χ4n) is 3.42. The van der Waals surface area contributed by atoms with Crippen LogP contribution in [0.2, 0.25) is 0 Å². The van der Waals surface area contributed by atoms with Crippen LogP contribution in [0, 0.1) is 11.3 Å². The topological polar surface area (TPSA) is 21.6 Å². The first-order valence-electron chi connectivity index (χ1n) is 8.76. The van der Waals surface area contributed by atoms with Gasteiger partial charge in [0.15, 0.2) is 0 Å². The molecule has 24 heavy (non-hydrogen) atoms. The highest BCUT2D eigenvalue weighted by atomic mass is 16.5. The SMILES string of the molecule is C=CC[C@@H]1C=CC=C(C2=N[C@@H](C(C)(C)C)CO2)[C@@H]1c1ccccc1. The highest BCUT2D eigenvalue weighted by molar-refractivity contribution is 5.97. The molecule has 0 amide bonds. The smallest absolute Gasteiger partial charge is 0.213 e. The first-order chi connectivity index (χ1) is 11.5. The average Bonchev–Trinajstić information content (AvgIpc) is 3.06. The maximum Gasteiger partial charge on any atom is 0.213 e. The minimum atomic E-state index is 0.121. The molecule has 0 unspecified atom stereocenters. The van der Waals surface area contributed by atoms with Crippen molar-refractivity contribution in [3.8, 4) is 0 Å². The van der Waals surface area contributed by atoms with Gasteiger partial charge in [-0.3, -0.25) is 0 Å². The van der Waals surface area contributed by atoms with E-state index in [-0.39, 0.29) is 17.4 Å². The summed E-state index contributed by atoms with van der Waals surface area (Å²) < 4.78 is 6.03. The molecular weight excluding hydrogens is 294 g/mol. The van der Waals surface area contributed by atoms with Crippen molar-refractivity contribution in [3.05, 3.63) is 72.4 Å². The molecule has 3 atom stereocenters. The van der Waals surface area contributed by atoms with Gasteiger partial charge in [0.2, 0.25) is 5.90 Å². The molecule has 1 aliphatic carbocycles. The monoisotopic (exact) mass is 321 g/mol. The molecule has 3 rings (SSSR count). The van der Waals surface area contributed by atoms with Gasteiger partial charge in [0.25, 0.3) is 0 Å². The molecule has 0 bridgehead atoms. The molecule has 0 N–H and O–H groups in total. The standard InChI is InChI=1S/C22H27NO/c1-5-10-16-13-9-14-18(20(16)17-11-7-6-8-12-17)21-23-19(15-24-21)22(2,3)4/h5-9,11-14,16,19-20H,1,10,15H2,2-4H3/t16-,19-,20+/m1/s1. The molecule has 0 radical (unpaired) electrons. The van der Waals surface area contributed by atoms with Gasteiger partial charge in [0.1, 0.15) is 6.61 Å². The Morgan fingerprint density at radius 3 is 2.62 bits per heavy atom. The molecule has 1 aromatic rings. The molecule has 2 nitrogen and oxygen atoms in total. The van der Waals surface area contributed by atoms with E-state index in [0.29, 0.717) is 12.5 Å². The lowest BCUT2D eigenvalue weighted by atomic mass is 9.76. The van der Waals surface area contributed by atoms with E-state index in [0.717, 1.165) is 12.3 Å². The second kappa shape index (κ2) is 6.80. The normalized spacial score (nSPS) is 26.5. The van der Waals surface area contributed by atoms with Gasteiger partial charge in [-0.1, -0.05) is 75.4 Å². The lowest BCUT2D eigenvalue weighted by Crippen LogP contribution is -2.25. The lowest BCUT2D eigenvalue weighted by Gasteiger charge is -2.29. The molecular formula is C22H27NO. The number of benzene rings is 1. The molecule has 1 aliphatic heterocycles. The van der Waals surface area contributed by atoms with Crippen molar-refractivity contribution in [2.24, 2.45) is 16.3 Å². The van der Waals surface area contributed by atoms with Crippen molar-refractivity contribution in [3.63, 3.8) is 0 Å². The fourth-order valence-corrected chi connectivity index (χ4v) is 3.42. The van der Waals surface area contributed by atoms with E-state index < -0.39 is 0 Å². The summed E-state index contributed by atoms with van der Waals surface area (Å²) in [6.45, 7) is 11.3. The lowest BCUT2D eigenvalue weighted by molar-refractivity contribution is 0.235. The maximum atomic E-state index is 6.03. The van der Waals surface area contributed by atoms with Crippen LogP contribution >= 0.6 is 0 Å². The summed E-state index contributed by atoms with van der Waals surface area (Å²) in [6, 6.07) is 10.9. The number of aliphatic imine (C=N–C) groups is 1. The third-order valence-corrected chi connectivity index (χ3v) is 4.89. The molecule has 0 spiro atoms. The second-order valence-corrected chi connectivity index (χ2v) is 7.71. The number of nitrogens with zero attached hydrogens (tertiary/aromatic N) is 1. The third-order valence-electron chi connectivity index (χ3n) is 4.89. The Kier molecular flexibility index (Phi) is 4.75. The van der Waals surface area contributed by atoms with E-state index in [9.17, 15) is 0 Å². The van der Waals surface area contributed by atoms with Crippen LogP contribution in [0.5, 0.6) is 0 Å². The Morgan fingerprint density at radius 1 is 1.25 bits per heavy atom. The van der Waals surface area contributed by atoms with E-state index in [1.54, 1.807) is 0 Å². The summed E-state index contributed by atoms with van der Waals surface area (Å²) in [7, 11) is 0. The van der Waals surface area contributed by atoms with Crippen molar-refractivity contribution in [2.45, 2.75) is 39.2 Å². The fraction of sp³-hybridized carbons (Fsp3) is 0.409. The maximum absolute atomic E-state index is 6.03. The Balaban J connectivity index is 1.97. The largest absolute Gasteiger partial charge is 0.475 e. The zero-order valence-electron chi connectivity index (χ0n) is 14.9. The number of allylic oxidation sites excluding steroid dienone is 4. The van der Waals surface area contributed by atoms with Gasteiger partial charge in [0, 0.05) is 11.5 Å². The predicted octanol–water partition coefficient (Wildman–Crippen LogP) is 5.30. The van der Waals surface area contributed by atoms with Gasteiger partial charge in [-0.25, -0.2) is 4.99 Å². The second-order valence-electron chi connectivity index (χ2n) is 7.71. The first kappa shape index (κ1) is 16.8. The highest BCUT2D eigenvalue weighted by Crippen LogP contribution is 2.40. The van der Waals surface area contributed by atoms with Gasteiger partial charge < -0.3 is 4.74 Å². The van der Waals surface area contributed by atoms with Crippen LogP contribution < -0.4 is 0 Å². The molecule has 0 fully saturated rings. The van der Waals surface area contributed by atoms with Crippen molar-refractivity contribution in [2.75, 3.05) is 6.61 Å². The number of hydrogen-bond acceptors (Lipinski definition) is 2. The van der Waals surface area contributed by atoms with Crippen molar-refractivity contribution in [1.82, 2.24) is 0 Å². The van der Waals surface area contributed by atoms with Gasteiger partial charge in [-0.15, -0.1) is 6.58 Å². The van der Waals surface area contributed by atoms with Crippen LogP contribution in [0.15, 0.2) is 71.8 Å². The molecule has 0 saturated heterocycles. The number of rotatable bonds is 4. The molecule has 0 saturated carbocycles. The molecule has 1 aromatic carbocycles. The molecule has 2 aliphatic rings. The summed E-state index contributed by atoms with van der Waals surface area (Å²) in [5.41, 5.74) is 2.63. The van der Waals surface area contributed by atoms with Gasteiger partial charge in [0.05, 0.1) is 6.04 Å². The van der Waals surface area contributed by atoms with E-state index in [2.05, 4.69) is 75.9 Å². The molecule has 0 aromatic heterocycles. The van der Waals surface area contributed by atoms with Gasteiger partial charge in [-0.2, -0.15) is 0 Å². The van der Waals surface area contributed by atoms with Crippen LogP contribution in [0.3, 0.4) is 0 Å². The Labute approximate surface area is 145 Å². The number of hydrogen-bond donors (Lipinski definition) is 0. The summed E-state index contributed by atoms with van der Waals surface area (Å²) in [6.07, 6.45) is 9.53. The van der Waals surface area contributed by atoms with E-state index in [4.69, 9.17) is 9.73 Å². The molecule has 126 valence electrons. The summed E-state index contributed by atoms with van der Waals surface area (Å²) >= 11 is 0. The van der Waals surface area contributed by atoms with Crippen molar-refractivity contribution >= 4 is 5.90 Å². The van der Waals surface area contributed by atoms with Crippen LogP contribution in [-0.2, 0) is 4.74 Å². The molecule has 1 heterocycles. The van der Waals surface area contributed by atoms with Gasteiger partial charge in [-0.05, 0) is 23.3 Å². The van der Waals surface area contributed by atoms with Gasteiger partial charge >= 0.3 is 0 Å². The first-order valence-corrected chi connectivity index (χ1v) is 8.76. The minimum Gasteiger partial charge on any atom is -0.475 e. The van der Waals surface area contributed by atoms with Crippen LogP contribution in [-0.4, -0.2) is 18.5 Å². The predicted molar refractivity (Wildman–Crippen MR) is 101 cm³/mol. The summed E-state index contributed by atoms with van der Waals surface area (Å²) in [4.78, 5) is 4.92. The highest BCUT2D eigenvalue weighted by Gasteiger charge is 2.35. The van der Waals surface area contributed by atoms with E-state index >= 15 is 0 Å². The van der Waals surface area contributed by atoms with Crippen molar-refractivity contribution < 1.29 is 4.74 Å². The Morgan fingerprint density at radius 2 is 2.00 bits per heavy atom. The average molecular weight is 321 g/mol. The number of ether oxygens (including phenoxy) is 1. The van der Waals surface area contributed by atoms with Crippen LogP contribution in [0.4, 0.5) is 0 Å². The summed E-state index contributed by atoms with van der Waals surface area (Å²) in [5.74, 6) is 1.48. The third kappa shape index (κ3) is 3.38. The zero-order valence-corrected chi connectivity index (χ0v) is 14.9. The minimum absolute atomic E-state index is 0.121. The summed E-state index contributed by atoms with van der Waals surface area (Å²) in [5, 5.41) is 0. The van der Waals surface area contributed by atoms with E-state index in [1.807, 2.05) is 6.08 Å². The quantitative estimate of drug-likeness (QED) is 0.689. The Hall–Kier alpha value is -2.09.